The van der Waals surface area contributed by atoms with E-state index < -0.39 is 10.0 Å². The van der Waals surface area contributed by atoms with Crippen LogP contribution in [0.4, 0.5) is 0 Å². The van der Waals surface area contributed by atoms with E-state index in [1.54, 1.807) is 16.6 Å². The third-order valence-corrected chi connectivity index (χ3v) is 5.98. The molecule has 20 heavy (non-hydrogen) atoms. The summed E-state index contributed by atoms with van der Waals surface area (Å²) in [5.74, 6) is 1.15. The lowest BCUT2D eigenvalue weighted by atomic mass is 9.94. The number of aromatic nitrogens is 1. The summed E-state index contributed by atoms with van der Waals surface area (Å²) in [5, 5.41) is 0. The predicted octanol–water partition coefficient (Wildman–Crippen LogP) is 2.91. The highest BCUT2D eigenvalue weighted by atomic mass is 35.5. The molecule has 0 spiro atoms. The largest absolute Gasteiger partial charge is 0.349 e. The average molecular weight is 319 g/mol. The Balaban J connectivity index is 2.32. The van der Waals surface area contributed by atoms with Crippen LogP contribution >= 0.6 is 11.6 Å². The Morgan fingerprint density at radius 1 is 1.30 bits per heavy atom. The van der Waals surface area contributed by atoms with Crippen LogP contribution in [0.1, 0.15) is 32.9 Å². The van der Waals surface area contributed by atoms with Gasteiger partial charge in [0.25, 0.3) is 0 Å². The summed E-state index contributed by atoms with van der Waals surface area (Å²) in [4.78, 5) is 0.372. The predicted molar refractivity (Wildman–Crippen MR) is 81.4 cm³/mol. The van der Waals surface area contributed by atoms with E-state index in [1.165, 1.54) is 0 Å². The van der Waals surface area contributed by atoms with Crippen molar-refractivity contribution >= 4 is 21.6 Å². The van der Waals surface area contributed by atoms with Gasteiger partial charge >= 0.3 is 0 Å². The fourth-order valence-corrected chi connectivity index (χ4v) is 5.00. The minimum Gasteiger partial charge on any atom is -0.349 e. The van der Waals surface area contributed by atoms with Gasteiger partial charge in [-0.25, -0.2) is 8.42 Å². The number of hydrogen-bond donors (Lipinski definition) is 0. The smallest absolute Gasteiger partial charge is 0.244 e. The second-order valence-corrected chi connectivity index (χ2v) is 8.06. The lowest BCUT2D eigenvalue weighted by Crippen LogP contribution is -2.42. The zero-order valence-electron chi connectivity index (χ0n) is 12.3. The van der Waals surface area contributed by atoms with Gasteiger partial charge in [0.05, 0.1) is 5.88 Å². The molecule has 0 bridgehead atoms. The highest BCUT2D eigenvalue weighted by Gasteiger charge is 2.32. The Kier molecular flexibility index (Phi) is 4.82. The fourth-order valence-electron chi connectivity index (χ4n) is 3.02. The molecule has 0 N–H and O–H groups in total. The molecule has 114 valence electrons. The molecule has 1 saturated heterocycles. The molecule has 0 saturated carbocycles. The molecule has 1 aromatic rings. The van der Waals surface area contributed by atoms with Gasteiger partial charge in [0.15, 0.2) is 0 Å². The van der Waals surface area contributed by atoms with Crippen molar-refractivity contribution in [2.24, 2.45) is 11.8 Å². The van der Waals surface area contributed by atoms with Crippen LogP contribution in [0.5, 0.6) is 0 Å². The molecule has 6 heteroatoms. The first-order valence-electron chi connectivity index (χ1n) is 7.13. The van der Waals surface area contributed by atoms with E-state index >= 15 is 0 Å². The van der Waals surface area contributed by atoms with Gasteiger partial charge in [0.1, 0.15) is 4.90 Å². The number of halogens is 1. The Morgan fingerprint density at radius 3 is 2.35 bits per heavy atom. The van der Waals surface area contributed by atoms with Crippen LogP contribution in [-0.2, 0) is 22.4 Å². The van der Waals surface area contributed by atoms with Gasteiger partial charge in [-0.05, 0) is 31.2 Å². The molecule has 0 aromatic carbocycles. The quantitative estimate of drug-likeness (QED) is 0.801. The van der Waals surface area contributed by atoms with Crippen molar-refractivity contribution < 1.29 is 8.42 Å². The molecule has 1 fully saturated rings. The molecule has 1 aliphatic heterocycles. The number of alkyl halides is 1. The van der Waals surface area contributed by atoms with Crippen molar-refractivity contribution in [1.82, 2.24) is 8.87 Å². The minimum atomic E-state index is -3.40. The SMILES string of the molecule is CCn1cc(S(=O)(=O)N2CC(C)CC(C)C2)cc1CCl. The van der Waals surface area contributed by atoms with Gasteiger partial charge in [0, 0.05) is 31.5 Å². The Morgan fingerprint density at radius 2 is 1.90 bits per heavy atom. The number of aryl methyl sites for hydroxylation is 1. The van der Waals surface area contributed by atoms with Gasteiger partial charge < -0.3 is 4.57 Å². The van der Waals surface area contributed by atoms with Crippen molar-refractivity contribution in [3.63, 3.8) is 0 Å². The first-order valence-corrected chi connectivity index (χ1v) is 9.11. The van der Waals surface area contributed by atoms with E-state index in [4.69, 9.17) is 11.6 Å². The van der Waals surface area contributed by atoms with Crippen molar-refractivity contribution in [2.45, 2.75) is 44.5 Å². The zero-order valence-corrected chi connectivity index (χ0v) is 13.9. The van der Waals surface area contributed by atoms with E-state index in [0.717, 1.165) is 18.7 Å². The van der Waals surface area contributed by atoms with Crippen LogP contribution in [0, 0.1) is 11.8 Å². The summed E-state index contributed by atoms with van der Waals surface area (Å²) in [5.41, 5.74) is 0.853. The van der Waals surface area contributed by atoms with Gasteiger partial charge in [-0.2, -0.15) is 4.31 Å². The van der Waals surface area contributed by atoms with Gasteiger partial charge in [-0.1, -0.05) is 13.8 Å². The Hall–Kier alpha value is -0.520. The molecule has 2 atom stereocenters. The summed E-state index contributed by atoms with van der Waals surface area (Å²) in [7, 11) is -3.40. The molecule has 2 rings (SSSR count). The van der Waals surface area contributed by atoms with E-state index in [2.05, 4.69) is 13.8 Å². The number of hydrogen-bond acceptors (Lipinski definition) is 2. The maximum atomic E-state index is 12.7. The van der Waals surface area contributed by atoms with Gasteiger partial charge in [0.2, 0.25) is 10.0 Å². The van der Waals surface area contributed by atoms with Crippen LogP contribution < -0.4 is 0 Å². The van der Waals surface area contributed by atoms with E-state index in [-0.39, 0.29) is 0 Å². The van der Waals surface area contributed by atoms with Crippen molar-refractivity contribution in [2.75, 3.05) is 13.1 Å². The fraction of sp³-hybridized carbons (Fsp3) is 0.714. The molecular formula is C14H23ClN2O2S. The van der Waals surface area contributed by atoms with Crippen molar-refractivity contribution in [1.29, 1.82) is 0 Å². The zero-order chi connectivity index (χ0) is 14.9. The molecule has 0 radical (unpaired) electrons. The number of piperidine rings is 1. The summed E-state index contributed by atoms with van der Waals surface area (Å²) in [6.07, 6.45) is 2.80. The van der Waals surface area contributed by atoms with Crippen LogP contribution in [0.3, 0.4) is 0 Å². The minimum absolute atomic E-state index is 0.330. The summed E-state index contributed by atoms with van der Waals surface area (Å²) in [6.45, 7) is 8.15. The van der Waals surface area contributed by atoms with Gasteiger partial charge in [-0.3, -0.25) is 0 Å². The maximum Gasteiger partial charge on any atom is 0.244 e. The molecule has 2 heterocycles. The van der Waals surface area contributed by atoms with Crippen molar-refractivity contribution in [3.05, 3.63) is 18.0 Å². The van der Waals surface area contributed by atoms with Crippen molar-refractivity contribution in [3.8, 4) is 0 Å². The summed E-state index contributed by atoms with van der Waals surface area (Å²) in [6, 6.07) is 1.70. The highest BCUT2D eigenvalue weighted by molar-refractivity contribution is 7.89. The third-order valence-electron chi connectivity index (χ3n) is 3.91. The molecule has 0 aliphatic carbocycles. The van der Waals surface area contributed by atoms with Crippen LogP contribution in [-0.4, -0.2) is 30.4 Å². The summed E-state index contributed by atoms with van der Waals surface area (Å²) < 4.78 is 29.0. The lowest BCUT2D eigenvalue weighted by molar-refractivity contribution is 0.222. The molecule has 4 nitrogen and oxygen atoms in total. The van der Waals surface area contributed by atoms with Gasteiger partial charge in [-0.15, -0.1) is 11.6 Å². The number of sulfonamides is 1. The Bertz CT molecular complexity index is 536. The normalized spacial score (nSPS) is 25.0. The first kappa shape index (κ1) is 15.9. The monoisotopic (exact) mass is 318 g/mol. The average Bonchev–Trinajstić information content (AvgIpc) is 2.81. The molecule has 0 amide bonds. The molecule has 1 aromatic heterocycles. The second-order valence-electron chi connectivity index (χ2n) is 5.85. The van der Waals surface area contributed by atoms with Crippen LogP contribution in [0.25, 0.3) is 0 Å². The molecule has 1 aliphatic rings. The van der Waals surface area contributed by atoms with Crippen LogP contribution in [0.2, 0.25) is 0 Å². The van der Waals surface area contributed by atoms with E-state index in [1.807, 2.05) is 11.5 Å². The van der Waals surface area contributed by atoms with E-state index in [0.29, 0.717) is 35.7 Å². The Labute approximate surface area is 126 Å². The van der Waals surface area contributed by atoms with E-state index in [9.17, 15) is 8.42 Å². The molecular weight excluding hydrogens is 296 g/mol. The first-order chi connectivity index (χ1) is 9.38. The maximum absolute atomic E-state index is 12.7. The third kappa shape index (κ3) is 3.05. The number of nitrogens with zero attached hydrogens (tertiary/aromatic N) is 2. The topological polar surface area (TPSA) is 42.3 Å². The highest BCUT2D eigenvalue weighted by Crippen LogP contribution is 2.27. The molecule has 2 unspecified atom stereocenters. The van der Waals surface area contributed by atoms with Crippen LogP contribution in [0.15, 0.2) is 17.2 Å². The number of rotatable bonds is 4. The lowest BCUT2D eigenvalue weighted by Gasteiger charge is -2.33. The summed E-state index contributed by atoms with van der Waals surface area (Å²) >= 11 is 5.88. The second kappa shape index (κ2) is 6.08. The standard InChI is InChI=1S/C14H23ClN2O2S/c1-4-16-10-14(6-13(16)7-15)20(18,19)17-8-11(2)5-12(3)9-17/h6,10-12H,4-5,7-9H2,1-3H3.